The number of amides is 1. The van der Waals surface area contributed by atoms with Gasteiger partial charge in [-0.25, -0.2) is 5.43 Å². The van der Waals surface area contributed by atoms with E-state index in [0.717, 1.165) is 0 Å². The number of hydrogen-bond acceptors (Lipinski definition) is 5. The van der Waals surface area contributed by atoms with Gasteiger partial charge in [0.1, 0.15) is 17.2 Å². The third-order valence-corrected chi connectivity index (χ3v) is 3.56. The Morgan fingerprint density at radius 3 is 2.40 bits per heavy atom. The lowest BCUT2D eigenvalue weighted by Gasteiger charge is -2.07. The monoisotopic (exact) mass is 382 g/mol. The first kappa shape index (κ1) is 18.9. The van der Waals surface area contributed by atoms with Crippen LogP contribution in [-0.4, -0.2) is 32.9 Å². The van der Waals surface area contributed by atoms with E-state index in [1.807, 2.05) is 0 Å². The average Bonchev–Trinajstić information content (AvgIpc) is 2.60. The molecule has 0 saturated heterocycles. The molecule has 0 atom stereocenters. The van der Waals surface area contributed by atoms with Gasteiger partial charge in [0.05, 0.1) is 25.5 Å². The van der Waals surface area contributed by atoms with Crippen LogP contribution in [0.15, 0.2) is 41.5 Å². The summed E-state index contributed by atoms with van der Waals surface area (Å²) in [5.74, 6) is 1.17. The Balaban J connectivity index is 1.90. The van der Waals surface area contributed by atoms with Crippen LogP contribution >= 0.6 is 23.2 Å². The standard InChI is InChI=1S/C17H16Cl2N2O4/c1-23-13-5-11(6-14(8-13)24-2)9-20-21-17(22)10-25-16-4-3-12(18)7-15(16)19/h3-9H,10H2,1-2H3,(H,21,22)/b20-9+. The molecular weight excluding hydrogens is 367 g/mol. The van der Waals surface area contributed by atoms with Gasteiger partial charge in [-0.05, 0) is 30.3 Å². The molecule has 2 rings (SSSR count). The van der Waals surface area contributed by atoms with Crippen molar-refractivity contribution in [1.29, 1.82) is 0 Å². The Labute approximate surface area is 155 Å². The van der Waals surface area contributed by atoms with Gasteiger partial charge in [-0.2, -0.15) is 5.10 Å². The lowest BCUT2D eigenvalue weighted by atomic mass is 10.2. The van der Waals surface area contributed by atoms with E-state index in [1.165, 1.54) is 12.3 Å². The fourth-order valence-electron chi connectivity index (χ4n) is 1.85. The van der Waals surface area contributed by atoms with E-state index < -0.39 is 5.91 Å². The van der Waals surface area contributed by atoms with Crippen LogP contribution in [0.1, 0.15) is 5.56 Å². The zero-order valence-electron chi connectivity index (χ0n) is 13.6. The van der Waals surface area contributed by atoms with Crippen LogP contribution in [0.4, 0.5) is 0 Å². The molecule has 0 heterocycles. The van der Waals surface area contributed by atoms with E-state index in [4.69, 9.17) is 37.4 Å². The van der Waals surface area contributed by atoms with Gasteiger partial charge in [0.25, 0.3) is 5.91 Å². The van der Waals surface area contributed by atoms with Gasteiger partial charge in [-0.1, -0.05) is 23.2 Å². The van der Waals surface area contributed by atoms with Crippen LogP contribution < -0.4 is 19.6 Å². The van der Waals surface area contributed by atoms with Crippen molar-refractivity contribution >= 4 is 35.3 Å². The van der Waals surface area contributed by atoms with Gasteiger partial charge in [-0.3, -0.25) is 4.79 Å². The predicted molar refractivity (Wildman–Crippen MR) is 97.2 cm³/mol. The summed E-state index contributed by atoms with van der Waals surface area (Å²) in [6, 6.07) is 9.98. The highest BCUT2D eigenvalue weighted by Gasteiger charge is 2.06. The molecule has 0 aliphatic rings. The van der Waals surface area contributed by atoms with Crippen molar-refractivity contribution in [3.63, 3.8) is 0 Å². The maximum absolute atomic E-state index is 11.8. The average molecular weight is 383 g/mol. The summed E-state index contributed by atoms with van der Waals surface area (Å²) in [4.78, 5) is 11.8. The molecule has 0 aliphatic carbocycles. The first-order valence-corrected chi connectivity index (χ1v) is 7.90. The summed E-state index contributed by atoms with van der Waals surface area (Å²) in [7, 11) is 3.10. The third kappa shape index (κ3) is 5.85. The number of benzene rings is 2. The van der Waals surface area contributed by atoms with Crippen LogP contribution in [0.5, 0.6) is 17.2 Å². The number of ether oxygens (including phenoxy) is 3. The Morgan fingerprint density at radius 1 is 1.12 bits per heavy atom. The van der Waals surface area contributed by atoms with E-state index >= 15 is 0 Å². The molecule has 132 valence electrons. The first-order valence-electron chi connectivity index (χ1n) is 7.14. The molecule has 0 fully saturated rings. The number of hydrogen-bond donors (Lipinski definition) is 1. The molecule has 0 radical (unpaired) electrons. The number of halogens is 2. The fourth-order valence-corrected chi connectivity index (χ4v) is 2.31. The van der Waals surface area contributed by atoms with E-state index in [1.54, 1.807) is 44.6 Å². The van der Waals surface area contributed by atoms with Gasteiger partial charge >= 0.3 is 0 Å². The second-order valence-corrected chi connectivity index (χ2v) is 5.65. The molecule has 1 amide bonds. The lowest BCUT2D eigenvalue weighted by molar-refractivity contribution is -0.123. The molecule has 25 heavy (non-hydrogen) atoms. The van der Waals surface area contributed by atoms with Gasteiger partial charge in [-0.15, -0.1) is 0 Å². The molecule has 0 saturated carbocycles. The number of carbonyl (C=O) groups excluding carboxylic acids is 1. The molecular formula is C17H16Cl2N2O4. The molecule has 6 nitrogen and oxygen atoms in total. The van der Waals surface area contributed by atoms with Crippen molar-refractivity contribution < 1.29 is 19.0 Å². The summed E-state index contributed by atoms with van der Waals surface area (Å²) < 4.78 is 15.6. The fraction of sp³-hybridized carbons (Fsp3) is 0.176. The first-order chi connectivity index (χ1) is 12.0. The summed E-state index contributed by atoms with van der Waals surface area (Å²) in [5, 5.41) is 4.68. The Morgan fingerprint density at radius 2 is 1.80 bits per heavy atom. The molecule has 1 N–H and O–H groups in total. The number of carbonyl (C=O) groups is 1. The maximum atomic E-state index is 11.8. The normalized spacial score (nSPS) is 10.6. The summed E-state index contributed by atoms with van der Waals surface area (Å²) >= 11 is 11.8. The SMILES string of the molecule is COc1cc(/C=N/NC(=O)COc2ccc(Cl)cc2Cl)cc(OC)c1. The minimum atomic E-state index is -0.433. The number of methoxy groups -OCH3 is 2. The van der Waals surface area contributed by atoms with Crippen LogP contribution in [0.3, 0.4) is 0 Å². The van der Waals surface area contributed by atoms with Crippen LogP contribution in [0.25, 0.3) is 0 Å². The summed E-state index contributed by atoms with van der Waals surface area (Å²) in [5.41, 5.74) is 3.07. The minimum absolute atomic E-state index is 0.236. The Hall–Kier alpha value is -2.44. The van der Waals surface area contributed by atoms with Crippen molar-refractivity contribution in [1.82, 2.24) is 5.43 Å². The zero-order chi connectivity index (χ0) is 18.2. The van der Waals surface area contributed by atoms with Gasteiger partial charge in [0, 0.05) is 16.7 Å². The van der Waals surface area contributed by atoms with Gasteiger partial charge < -0.3 is 14.2 Å². The van der Waals surface area contributed by atoms with E-state index in [0.29, 0.717) is 32.9 Å². The quantitative estimate of drug-likeness (QED) is 0.587. The molecule has 2 aromatic carbocycles. The number of hydrazone groups is 1. The topological polar surface area (TPSA) is 69.2 Å². The van der Waals surface area contributed by atoms with Crippen LogP contribution in [0.2, 0.25) is 10.0 Å². The molecule has 0 bridgehead atoms. The summed E-state index contributed by atoms with van der Waals surface area (Å²) in [6.45, 7) is -0.236. The Bertz CT molecular complexity index is 759. The maximum Gasteiger partial charge on any atom is 0.277 e. The number of rotatable bonds is 7. The molecule has 0 unspecified atom stereocenters. The van der Waals surface area contributed by atoms with Crippen molar-refractivity contribution in [2.45, 2.75) is 0 Å². The largest absolute Gasteiger partial charge is 0.497 e. The molecule has 0 aromatic heterocycles. The molecule has 2 aromatic rings. The van der Waals surface area contributed by atoms with Crippen molar-refractivity contribution in [2.24, 2.45) is 5.10 Å². The summed E-state index contributed by atoms with van der Waals surface area (Å²) in [6.07, 6.45) is 1.47. The highest BCUT2D eigenvalue weighted by Crippen LogP contribution is 2.27. The third-order valence-electron chi connectivity index (χ3n) is 3.03. The van der Waals surface area contributed by atoms with Gasteiger partial charge in [0.15, 0.2) is 6.61 Å². The van der Waals surface area contributed by atoms with E-state index in [-0.39, 0.29) is 6.61 Å². The second kappa shape index (κ2) is 9.15. The lowest BCUT2D eigenvalue weighted by Crippen LogP contribution is -2.24. The molecule has 0 aliphatic heterocycles. The van der Waals surface area contributed by atoms with Gasteiger partial charge in [0.2, 0.25) is 0 Å². The highest BCUT2D eigenvalue weighted by molar-refractivity contribution is 6.35. The highest BCUT2D eigenvalue weighted by atomic mass is 35.5. The van der Waals surface area contributed by atoms with Crippen LogP contribution in [-0.2, 0) is 4.79 Å². The van der Waals surface area contributed by atoms with Crippen molar-refractivity contribution in [2.75, 3.05) is 20.8 Å². The Kier molecular flexibility index (Phi) is 6.91. The predicted octanol–water partition coefficient (Wildman–Crippen LogP) is 3.54. The zero-order valence-corrected chi connectivity index (χ0v) is 15.1. The second-order valence-electron chi connectivity index (χ2n) is 4.80. The minimum Gasteiger partial charge on any atom is -0.497 e. The van der Waals surface area contributed by atoms with Crippen LogP contribution in [0, 0.1) is 0 Å². The van der Waals surface area contributed by atoms with Crippen molar-refractivity contribution in [3.8, 4) is 17.2 Å². The molecule has 8 heteroatoms. The van der Waals surface area contributed by atoms with E-state index in [9.17, 15) is 4.79 Å². The smallest absolute Gasteiger partial charge is 0.277 e. The van der Waals surface area contributed by atoms with E-state index in [2.05, 4.69) is 10.5 Å². The number of nitrogens with one attached hydrogen (secondary N) is 1. The van der Waals surface area contributed by atoms with Crippen molar-refractivity contribution in [3.05, 3.63) is 52.0 Å². The number of nitrogens with zero attached hydrogens (tertiary/aromatic N) is 1. The molecule has 0 spiro atoms.